The van der Waals surface area contributed by atoms with Crippen LogP contribution in [0.4, 0.5) is 20.2 Å². The molecule has 1 amide bonds. The summed E-state index contributed by atoms with van der Waals surface area (Å²) in [6, 6.07) is 8.77. The monoisotopic (exact) mass is 288 g/mol. The van der Waals surface area contributed by atoms with Crippen LogP contribution in [0.25, 0.3) is 0 Å². The molecule has 3 nitrogen and oxygen atoms in total. The fourth-order valence-electron chi connectivity index (χ4n) is 2.46. The zero-order chi connectivity index (χ0) is 14.8. The lowest BCUT2D eigenvalue weighted by atomic mass is 10.0. The minimum atomic E-state index is -0.868. The lowest BCUT2D eigenvalue weighted by molar-refractivity contribution is 0.101. The third kappa shape index (κ3) is 2.72. The van der Waals surface area contributed by atoms with Gasteiger partial charge in [-0.3, -0.25) is 4.79 Å². The van der Waals surface area contributed by atoms with Gasteiger partial charge in [0.1, 0.15) is 17.2 Å². The van der Waals surface area contributed by atoms with Gasteiger partial charge in [0.05, 0.1) is 0 Å². The van der Waals surface area contributed by atoms with Crippen LogP contribution in [0.1, 0.15) is 22.3 Å². The quantitative estimate of drug-likeness (QED) is 0.887. The third-order valence-electron chi connectivity index (χ3n) is 3.49. The van der Waals surface area contributed by atoms with Gasteiger partial charge in [-0.2, -0.15) is 0 Å². The van der Waals surface area contributed by atoms with Crippen molar-refractivity contribution in [3.05, 3.63) is 59.2 Å². The molecule has 0 radical (unpaired) electrons. The van der Waals surface area contributed by atoms with Crippen molar-refractivity contribution in [2.75, 3.05) is 17.2 Å². The Morgan fingerprint density at radius 3 is 2.67 bits per heavy atom. The van der Waals surface area contributed by atoms with Crippen molar-refractivity contribution in [2.45, 2.75) is 12.8 Å². The van der Waals surface area contributed by atoms with Gasteiger partial charge in [-0.25, -0.2) is 8.78 Å². The molecule has 0 aromatic heterocycles. The van der Waals surface area contributed by atoms with Gasteiger partial charge in [-0.15, -0.1) is 0 Å². The number of halogens is 2. The summed E-state index contributed by atoms with van der Waals surface area (Å²) >= 11 is 0. The zero-order valence-electron chi connectivity index (χ0n) is 11.2. The van der Waals surface area contributed by atoms with Gasteiger partial charge >= 0.3 is 0 Å². The average molecular weight is 288 g/mol. The summed E-state index contributed by atoms with van der Waals surface area (Å²) in [5.74, 6) is -2.52. The number of hydrogen-bond acceptors (Lipinski definition) is 2. The fraction of sp³-hybridized carbons (Fsp3) is 0.188. The van der Waals surface area contributed by atoms with Crippen LogP contribution < -0.4 is 10.6 Å². The minimum absolute atomic E-state index is 0.533. The first-order chi connectivity index (χ1) is 10.1. The molecule has 0 aliphatic carbocycles. The number of amides is 1. The molecule has 1 heterocycles. The number of carbonyl (C=O) groups excluding carboxylic acids is 1. The van der Waals surface area contributed by atoms with Crippen LogP contribution in [0.15, 0.2) is 36.4 Å². The Morgan fingerprint density at radius 1 is 1.14 bits per heavy atom. The maximum Gasteiger partial charge on any atom is 0.261 e. The first kappa shape index (κ1) is 13.5. The summed E-state index contributed by atoms with van der Waals surface area (Å²) in [6.45, 7) is 0.930. The number of rotatable bonds is 2. The topological polar surface area (TPSA) is 41.1 Å². The van der Waals surface area contributed by atoms with Crippen LogP contribution in [-0.4, -0.2) is 12.5 Å². The Balaban J connectivity index is 1.85. The Labute approximate surface area is 121 Å². The summed E-state index contributed by atoms with van der Waals surface area (Å²) in [4.78, 5) is 12.0. The molecule has 0 bridgehead atoms. The van der Waals surface area contributed by atoms with Crippen molar-refractivity contribution in [1.82, 2.24) is 0 Å². The number of aryl methyl sites for hydroxylation is 1. The highest BCUT2D eigenvalue weighted by molar-refractivity contribution is 6.04. The molecular weight excluding hydrogens is 274 g/mol. The molecule has 1 aliphatic heterocycles. The van der Waals surface area contributed by atoms with E-state index in [1.807, 2.05) is 12.1 Å². The first-order valence-electron chi connectivity index (χ1n) is 6.77. The van der Waals surface area contributed by atoms with Crippen molar-refractivity contribution in [3.63, 3.8) is 0 Å². The summed E-state index contributed by atoms with van der Waals surface area (Å²) in [5, 5.41) is 5.80. The predicted octanol–water partition coefficient (Wildman–Crippen LogP) is 3.58. The van der Waals surface area contributed by atoms with Gasteiger partial charge in [0.2, 0.25) is 0 Å². The predicted molar refractivity (Wildman–Crippen MR) is 77.6 cm³/mol. The van der Waals surface area contributed by atoms with Crippen molar-refractivity contribution >= 4 is 17.3 Å². The second kappa shape index (κ2) is 5.52. The summed E-state index contributed by atoms with van der Waals surface area (Å²) in [7, 11) is 0. The minimum Gasteiger partial charge on any atom is -0.385 e. The summed E-state index contributed by atoms with van der Waals surface area (Å²) in [6.07, 6.45) is 1.94. The van der Waals surface area contributed by atoms with Crippen LogP contribution >= 0.6 is 0 Å². The van der Waals surface area contributed by atoms with E-state index in [-0.39, 0.29) is 0 Å². The van der Waals surface area contributed by atoms with E-state index < -0.39 is 23.1 Å². The van der Waals surface area contributed by atoms with Crippen LogP contribution in [-0.2, 0) is 6.42 Å². The van der Waals surface area contributed by atoms with E-state index in [1.165, 1.54) is 6.07 Å². The number of anilines is 2. The summed E-state index contributed by atoms with van der Waals surface area (Å²) in [5.41, 5.74) is 2.10. The van der Waals surface area contributed by atoms with Gasteiger partial charge in [0, 0.05) is 17.9 Å². The fourth-order valence-corrected chi connectivity index (χ4v) is 2.46. The highest BCUT2D eigenvalue weighted by Crippen LogP contribution is 2.25. The maximum absolute atomic E-state index is 13.6. The molecule has 5 heteroatoms. The van der Waals surface area contributed by atoms with E-state index in [9.17, 15) is 13.6 Å². The Morgan fingerprint density at radius 2 is 1.90 bits per heavy atom. The number of hydrogen-bond donors (Lipinski definition) is 2. The standard InChI is InChI=1S/C16H14F2N2O/c17-12-4-1-5-13(18)15(12)16(21)20-11-6-7-14-10(9-11)3-2-8-19-14/h1,4-7,9,19H,2-3,8H2,(H,20,21). The smallest absolute Gasteiger partial charge is 0.261 e. The highest BCUT2D eigenvalue weighted by Gasteiger charge is 2.17. The third-order valence-corrected chi connectivity index (χ3v) is 3.49. The van der Waals surface area contributed by atoms with Crippen LogP contribution in [0.5, 0.6) is 0 Å². The van der Waals surface area contributed by atoms with Crippen LogP contribution in [0.2, 0.25) is 0 Å². The molecule has 0 spiro atoms. The first-order valence-corrected chi connectivity index (χ1v) is 6.77. The van der Waals surface area contributed by atoms with Gasteiger partial charge in [-0.1, -0.05) is 6.07 Å². The molecule has 108 valence electrons. The van der Waals surface area contributed by atoms with E-state index >= 15 is 0 Å². The molecule has 2 aromatic rings. The van der Waals surface area contributed by atoms with Crippen molar-refractivity contribution in [3.8, 4) is 0 Å². The molecule has 1 aliphatic rings. The number of nitrogens with one attached hydrogen (secondary N) is 2. The molecular formula is C16H14F2N2O. The maximum atomic E-state index is 13.6. The van der Waals surface area contributed by atoms with Crippen molar-refractivity contribution in [2.24, 2.45) is 0 Å². The van der Waals surface area contributed by atoms with Gasteiger partial charge < -0.3 is 10.6 Å². The molecule has 2 N–H and O–H groups in total. The molecule has 0 saturated heterocycles. The molecule has 3 rings (SSSR count). The van der Waals surface area contributed by atoms with E-state index in [4.69, 9.17) is 0 Å². The van der Waals surface area contributed by atoms with Gasteiger partial charge in [-0.05, 0) is 48.7 Å². The Bertz CT molecular complexity index is 680. The molecule has 0 fully saturated rings. The van der Waals surface area contributed by atoms with Crippen LogP contribution in [0.3, 0.4) is 0 Å². The number of carbonyl (C=O) groups is 1. The summed E-state index contributed by atoms with van der Waals surface area (Å²) < 4.78 is 27.1. The average Bonchev–Trinajstić information content (AvgIpc) is 2.47. The van der Waals surface area contributed by atoms with E-state index in [2.05, 4.69) is 10.6 Å². The van der Waals surface area contributed by atoms with E-state index in [0.29, 0.717) is 5.69 Å². The lowest BCUT2D eigenvalue weighted by Crippen LogP contribution is -2.17. The molecule has 2 aromatic carbocycles. The van der Waals surface area contributed by atoms with Gasteiger partial charge in [0.25, 0.3) is 5.91 Å². The molecule has 0 unspecified atom stereocenters. The zero-order valence-corrected chi connectivity index (χ0v) is 11.2. The number of fused-ring (bicyclic) bond motifs is 1. The number of benzene rings is 2. The van der Waals surface area contributed by atoms with Crippen LogP contribution in [0, 0.1) is 11.6 Å². The Kier molecular flexibility index (Phi) is 3.56. The second-order valence-corrected chi connectivity index (χ2v) is 4.95. The van der Waals surface area contributed by atoms with E-state index in [1.54, 1.807) is 6.07 Å². The van der Waals surface area contributed by atoms with Gasteiger partial charge in [0.15, 0.2) is 0 Å². The second-order valence-electron chi connectivity index (χ2n) is 4.95. The van der Waals surface area contributed by atoms with E-state index in [0.717, 1.165) is 42.8 Å². The molecule has 0 atom stereocenters. The van der Waals surface area contributed by atoms with Crippen molar-refractivity contribution in [1.29, 1.82) is 0 Å². The Hall–Kier alpha value is -2.43. The largest absolute Gasteiger partial charge is 0.385 e. The highest BCUT2D eigenvalue weighted by atomic mass is 19.1. The molecule has 0 saturated carbocycles. The lowest BCUT2D eigenvalue weighted by Gasteiger charge is -2.18. The van der Waals surface area contributed by atoms with Crippen molar-refractivity contribution < 1.29 is 13.6 Å². The molecule has 21 heavy (non-hydrogen) atoms. The SMILES string of the molecule is O=C(Nc1ccc2c(c1)CCCN2)c1c(F)cccc1F. The normalized spacial score (nSPS) is 13.2.